The zero-order valence-corrected chi connectivity index (χ0v) is 22.4. The molecule has 0 N–H and O–H groups in total. The van der Waals surface area contributed by atoms with Crippen molar-refractivity contribution in [2.24, 2.45) is 0 Å². The second-order valence-electron chi connectivity index (χ2n) is 10.1. The third-order valence-electron chi connectivity index (χ3n) is 7.44. The first-order valence-electron chi connectivity index (χ1n) is 13.4. The molecule has 0 bridgehead atoms. The van der Waals surface area contributed by atoms with Gasteiger partial charge in [-0.05, 0) is 60.9 Å². The molecular formula is C33H32N4O2. The number of hydrogen-bond donors (Lipinski definition) is 0. The van der Waals surface area contributed by atoms with E-state index >= 15 is 0 Å². The Labute approximate surface area is 229 Å². The van der Waals surface area contributed by atoms with Crippen LogP contribution in [0.25, 0.3) is 11.0 Å². The Morgan fingerprint density at radius 3 is 2.18 bits per heavy atom. The fraction of sp³-hybridized carbons (Fsp3) is 0.212. The van der Waals surface area contributed by atoms with Crippen LogP contribution in [-0.2, 0) is 6.54 Å². The Balaban J connectivity index is 1.30. The van der Waals surface area contributed by atoms with E-state index in [0.717, 1.165) is 52.3 Å². The lowest BCUT2D eigenvalue weighted by atomic mass is 10.1. The van der Waals surface area contributed by atoms with Gasteiger partial charge < -0.3 is 14.5 Å². The highest BCUT2D eigenvalue weighted by Crippen LogP contribution is 2.32. The van der Waals surface area contributed by atoms with Crippen molar-refractivity contribution < 1.29 is 9.53 Å². The summed E-state index contributed by atoms with van der Waals surface area (Å²) < 4.78 is 8.45. The molecule has 6 rings (SSSR count). The normalized spacial score (nSPS) is 13.6. The molecule has 6 nitrogen and oxygen atoms in total. The number of rotatable bonds is 6. The van der Waals surface area contributed by atoms with Crippen molar-refractivity contribution in [2.45, 2.75) is 20.4 Å². The van der Waals surface area contributed by atoms with Crippen LogP contribution in [0.2, 0.25) is 0 Å². The molecule has 0 saturated carbocycles. The standard InChI is InChI=1S/C33H32N4O2/c1-24-11-9-10-16-29(24)32(38)36-19-17-35(18-20-36)27-21-25(2)31-30(22-27)37(23-26-12-5-3-6-13-26)33(34-31)39-28-14-7-4-8-15-28/h3-16,21-22H,17-20,23H2,1-2H3. The number of fused-ring (bicyclic) bond motifs is 1. The van der Waals surface area contributed by atoms with Crippen LogP contribution in [-0.4, -0.2) is 46.5 Å². The van der Waals surface area contributed by atoms with Gasteiger partial charge in [-0.3, -0.25) is 9.36 Å². The molecule has 4 aromatic carbocycles. The summed E-state index contributed by atoms with van der Waals surface area (Å²) in [6.07, 6.45) is 0. The number of aromatic nitrogens is 2. The molecule has 0 radical (unpaired) electrons. The average Bonchev–Trinajstić information content (AvgIpc) is 3.31. The Hall–Kier alpha value is -4.58. The average molecular weight is 517 g/mol. The molecule has 1 fully saturated rings. The lowest BCUT2D eigenvalue weighted by Crippen LogP contribution is -2.49. The fourth-order valence-corrected chi connectivity index (χ4v) is 5.28. The topological polar surface area (TPSA) is 50.6 Å². The number of para-hydroxylation sites is 1. The third-order valence-corrected chi connectivity index (χ3v) is 7.44. The van der Waals surface area contributed by atoms with E-state index in [0.29, 0.717) is 25.6 Å². The van der Waals surface area contributed by atoms with Crippen LogP contribution >= 0.6 is 0 Å². The van der Waals surface area contributed by atoms with Crippen LogP contribution < -0.4 is 9.64 Å². The molecule has 1 aliphatic heterocycles. The molecule has 196 valence electrons. The molecule has 6 heteroatoms. The maximum Gasteiger partial charge on any atom is 0.303 e. The minimum Gasteiger partial charge on any atom is -0.425 e. The number of hydrogen-bond acceptors (Lipinski definition) is 4. The lowest BCUT2D eigenvalue weighted by Gasteiger charge is -2.36. The number of amides is 1. The van der Waals surface area contributed by atoms with Crippen molar-refractivity contribution in [1.29, 1.82) is 0 Å². The van der Waals surface area contributed by atoms with Gasteiger partial charge in [0.15, 0.2) is 0 Å². The molecule has 1 aliphatic rings. The maximum absolute atomic E-state index is 13.1. The van der Waals surface area contributed by atoms with Crippen molar-refractivity contribution >= 4 is 22.6 Å². The van der Waals surface area contributed by atoms with Crippen molar-refractivity contribution in [3.8, 4) is 11.8 Å². The molecule has 1 saturated heterocycles. The molecule has 0 aliphatic carbocycles. The number of nitrogens with zero attached hydrogens (tertiary/aromatic N) is 4. The fourth-order valence-electron chi connectivity index (χ4n) is 5.28. The van der Waals surface area contributed by atoms with Crippen molar-refractivity contribution in [3.63, 3.8) is 0 Å². The van der Waals surface area contributed by atoms with Gasteiger partial charge in [-0.2, -0.15) is 4.98 Å². The number of ether oxygens (including phenoxy) is 1. The van der Waals surface area contributed by atoms with Crippen LogP contribution in [0.4, 0.5) is 5.69 Å². The second kappa shape index (κ2) is 10.7. The summed E-state index contributed by atoms with van der Waals surface area (Å²) >= 11 is 0. The van der Waals surface area contributed by atoms with E-state index in [4.69, 9.17) is 9.72 Å². The Morgan fingerprint density at radius 2 is 1.46 bits per heavy atom. The molecule has 2 heterocycles. The molecular weight excluding hydrogens is 484 g/mol. The minimum absolute atomic E-state index is 0.114. The monoisotopic (exact) mass is 516 g/mol. The number of benzene rings is 4. The lowest BCUT2D eigenvalue weighted by molar-refractivity contribution is 0.0746. The number of imidazole rings is 1. The van der Waals surface area contributed by atoms with Crippen molar-refractivity contribution in [1.82, 2.24) is 14.5 Å². The van der Waals surface area contributed by atoms with Gasteiger partial charge in [0, 0.05) is 37.4 Å². The number of piperazine rings is 1. The van der Waals surface area contributed by atoms with Crippen LogP contribution in [0.1, 0.15) is 27.0 Å². The van der Waals surface area contributed by atoms with Crippen LogP contribution in [0.5, 0.6) is 11.8 Å². The SMILES string of the molecule is Cc1ccccc1C(=O)N1CCN(c2cc(C)c3nc(Oc4ccccc4)n(Cc4ccccc4)c3c2)CC1. The van der Waals surface area contributed by atoms with Gasteiger partial charge in [0.25, 0.3) is 5.91 Å². The van der Waals surface area contributed by atoms with E-state index in [-0.39, 0.29) is 5.91 Å². The van der Waals surface area contributed by atoms with Gasteiger partial charge in [0.2, 0.25) is 0 Å². The van der Waals surface area contributed by atoms with Gasteiger partial charge in [-0.15, -0.1) is 0 Å². The second-order valence-corrected chi connectivity index (χ2v) is 10.1. The predicted octanol–water partition coefficient (Wildman–Crippen LogP) is 6.46. The summed E-state index contributed by atoms with van der Waals surface area (Å²) in [5.41, 5.74) is 7.22. The molecule has 5 aromatic rings. The van der Waals surface area contributed by atoms with E-state index in [9.17, 15) is 4.79 Å². The first-order chi connectivity index (χ1) is 19.1. The summed E-state index contributed by atoms with van der Waals surface area (Å²) in [5.74, 6) is 0.873. The summed E-state index contributed by atoms with van der Waals surface area (Å²) in [4.78, 5) is 22.4. The van der Waals surface area contributed by atoms with Gasteiger partial charge in [-0.25, -0.2) is 0 Å². The van der Waals surface area contributed by atoms with E-state index in [1.54, 1.807) is 0 Å². The highest BCUT2D eigenvalue weighted by atomic mass is 16.5. The molecule has 39 heavy (non-hydrogen) atoms. The molecule has 1 amide bonds. The molecule has 0 atom stereocenters. The van der Waals surface area contributed by atoms with E-state index in [2.05, 4.69) is 52.8 Å². The van der Waals surface area contributed by atoms with Gasteiger partial charge >= 0.3 is 6.01 Å². The number of anilines is 1. The molecule has 0 unspecified atom stereocenters. The van der Waals surface area contributed by atoms with Crippen molar-refractivity contribution in [3.05, 3.63) is 119 Å². The highest BCUT2D eigenvalue weighted by molar-refractivity contribution is 5.95. The first kappa shape index (κ1) is 24.7. The van der Waals surface area contributed by atoms with Gasteiger partial charge in [0.1, 0.15) is 5.75 Å². The number of carbonyl (C=O) groups is 1. The van der Waals surface area contributed by atoms with E-state index in [1.807, 2.05) is 72.5 Å². The van der Waals surface area contributed by atoms with Crippen LogP contribution in [0.3, 0.4) is 0 Å². The zero-order valence-electron chi connectivity index (χ0n) is 22.4. The van der Waals surface area contributed by atoms with Gasteiger partial charge in [-0.1, -0.05) is 66.7 Å². The maximum atomic E-state index is 13.1. The Morgan fingerprint density at radius 1 is 0.795 bits per heavy atom. The van der Waals surface area contributed by atoms with Crippen molar-refractivity contribution in [2.75, 3.05) is 31.1 Å². The number of carbonyl (C=O) groups excluding carboxylic acids is 1. The third kappa shape index (κ3) is 5.10. The van der Waals surface area contributed by atoms with Crippen LogP contribution in [0, 0.1) is 13.8 Å². The largest absolute Gasteiger partial charge is 0.425 e. The number of aryl methyl sites for hydroxylation is 2. The summed E-state index contributed by atoms with van der Waals surface area (Å²) in [7, 11) is 0. The van der Waals surface area contributed by atoms with Gasteiger partial charge in [0.05, 0.1) is 17.6 Å². The summed E-state index contributed by atoms with van der Waals surface area (Å²) in [5, 5.41) is 0. The highest BCUT2D eigenvalue weighted by Gasteiger charge is 2.24. The van der Waals surface area contributed by atoms with E-state index < -0.39 is 0 Å². The first-order valence-corrected chi connectivity index (χ1v) is 13.4. The van der Waals surface area contributed by atoms with E-state index in [1.165, 1.54) is 5.56 Å². The quantitative estimate of drug-likeness (QED) is 0.260. The summed E-state index contributed by atoms with van der Waals surface area (Å²) in [6, 6.07) is 33.0. The molecule has 1 aromatic heterocycles. The summed E-state index contributed by atoms with van der Waals surface area (Å²) in [6.45, 7) is 7.70. The molecule has 0 spiro atoms. The minimum atomic E-state index is 0.114. The van der Waals surface area contributed by atoms with Crippen LogP contribution in [0.15, 0.2) is 97.1 Å². The Bertz CT molecular complexity index is 1600. The predicted molar refractivity (Wildman–Crippen MR) is 156 cm³/mol. The smallest absolute Gasteiger partial charge is 0.303 e. The zero-order chi connectivity index (χ0) is 26.8. The Kier molecular flexibility index (Phi) is 6.76.